The van der Waals surface area contributed by atoms with Crippen molar-refractivity contribution in [2.24, 2.45) is 0 Å². The van der Waals surface area contributed by atoms with E-state index in [0.717, 1.165) is 0 Å². The smallest absolute Gasteiger partial charge is 0.507 e. The number of hydrogen-bond donors (Lipinski definition) is 2. The second-order valence-corrected chi connectivity index (χ2v) is 3.50. The van der Waals surface area contributed by atoms with Crippen molar-refractivity contribution in [2.75, 3.05) is 0 Å². The van der Waals surface area contributed by atoms with Crippen LogP contribution in [0.5, 0.6) is 5.75 Å². The fourth-order valence-electron chi connectivity index (χ4n) is 1.18. The Kier molecular flexibility index (Phi) is 6.13. The average molecular weight is 306 g/mol. The molecule has 2 aromatic rings. The van der Waals surface area contributed by atoms with Crippen LogP contribution in [0.15, 0.2) is 36.4 Å². The highest BCUT2D eigenvalue weighted by molar-refractivity contribution is 6.33. The number of hydrogen-bond acceptors (Lipinski definition) is 3. The van der Waals surface area contributed by atoms with Crippen molar-refractivity contribution in [1.82, 2.24) is 0 Å². The van der Waals surface area contributed by atoms with Crippen LogP contribution < -0.4 is 4.65 Å². The highest BCUT2D eigenvalue weighted by Gasteiger charge is 2.29. The Morgan fingerprint density at radius 1 is 0.619 bits per heavy atom. The first-order valence-electron chi connectivity index (χ1n) is 5.40. The van der Waals surface area contributed by atoms with Gasteiger partial charge in [-0.15, -0.1) is 0 Å². The van der Waals surface area contributed by atoms with Crippen LogP contribution in [0.1, 0.15) is 0 Å². The summed E-state index contributed by atoms with van der Waals surface area (Å²) in [6, 6.07) is 12.0. The maximum absolute atomic E-state index is 12.7. The largest absolute Gasteiger partial charge is 0.707 e. The van der Waals surface area contributed by atoms with Crippen molar-refractivity contribution in [3.05, 3.63) is 65.5 Å². The first-order chi connectivity index (χ1) is 9.86. The van der Waals surface area contributed by atoms with E-state index in [1.54, 1.807) is 0 Å². The normalized spacial score (nSPS) is 9.67. The Hall–Kier alpha value is -2.13. The van der Waals surface area contributed by atoms with Crippen molar-refractivity contribution in [1.29, 1.82) is 0 Å². The lowest BCUT2D eigenvalue weighted by molar-refractivity contribution is 0.263. The van der Waals surface area contributed by atoms with Crippen molar-refractivity contribution in [2.45, 2.75) is 0 Å². The summed E-state index contributed by atoms with van der Waals surface area (Å²) in [5, 5.41) is 16.3. The second kappa shape index (κ2) is 7.60. The van der Waals surface area contributed by atoms with E-state index in [9.17, 15) is 22.0 Å². The first kappa shape index (κ1) is 16.9. The molecule has 0 aliphatic rings. The molecule has 112 valence electrons. The van der Waals surface area contributed by atoms with E-state index >= 15 is 0 Å². The maximum atomic E-state index is 12.7. The Bertz CT molecular complexity index is 539. The lowest BCUT2D eigenvalue weighted by Gasteiger charge is -2.08. The van der Waals surface area contributed by atoms with Gasteiger partial charge in [0.1, 0.15) is 0 Å². The van der Waals surface area contributed by atoms with Crippen LogP contribution in [-0.2, 0) is 0 Å². The van der Waals surface area contributed by atoms with Gasteiger partial charge in [-0.1, -0.05) is 36.4 Å². The van der Waals surface area contributed by atoms with E-state index in [1.165, 1.54) is 0 Å². The molecule has 0 aliphatic carbocycles. The van der Waals surface area contributed by atoms with Gasteiger partial charge in [0.25, 0.3) is 0 Å². The van der Waals surface area contributed by atoms with E-state index in [4.69, 9.17) is 10.0 Å². The molecule has 0 heterocycles. The highest BCUT2D eigenvalue weighted by Crippen LogP contribution is 2.28. The van der Waals surface area contributed by atoms with E-state index < -0.39 is 42.2 Å². The van der Waals surface area contributed by atoms with Gasteiger partial charge in [-0.25, -0.2) is 13.2 Å². The number of benzene rings is 2. The molecule has 21 heavy (non-hydrogen) atoms. The molecule has 0 saturated heterocycles. The number of halogens is 5. The molecule has 3 nitrogen and oxygen atoms in total. The van der Waals surface area contributed by atoms with E-state index in [2.05, 4.69) is 4.65 Å². The summed E-state index contributed by atoms with van der Waals surface area (Å²) in [6.45, 7) is 0. The fourth-order valence-corrected chi connectivity index (χ4v) is 1.18. The predicted molar refractivity (Wildman–Crippen MR) is 63.5 cm³/mol. The van der Waals surface area contributed by atoms with Gasteiger partial charge in [-0.05, 0) is 0 Å². The van der Waals surface area contributed by atoms with Crippen LogP contribution in [0.25, 0.3) is 0 Å². The van der Waals surface area contributed by atoms with Gasteiger partial charge in [0.2, 0.25) is 29.1 Å². The molecule has 2 aromatic carbocycles. The zero-order valence-electron chi connectivity index (χ0n) is 10.2. The van der Waals surface area contributed by atoms with Crippen molar-refractivity contribution < 1.29 is 36.7 Å². The highest BCUT2D eigenvalue weighted by atomic mass is 19.2. The molecule has 2 N–H and O–H groups in total. The van der Waals surface area contributed by atoms with Crippen LogP contribution in [-0.4, -0.2) is 17.4 Å². The van der Waals surface area contributed by atoms with Gasteiger partial charge in [0.05, 0.1) is 0 Å². The summed E-state index contributed by atoms with van der Waals surface area (Å²) < 4.78 is 66.3. The maximum Gasteiger partial charge on any atom is 0.707 e. The molecule has 0 atom stereocenters. The Morgan fingerprint density at radius 3 is 1.19 bits per heavy atom. The van der Waals surface area contributed by atoms with Gasteiger partial charge in [-0.3, -0.25) is 0 Å². The van der Waals surface area contributed by atoms with Gasteiger partial charge in [0, 0.05) is 0 Å². The quantitative estimate of drug-likeness (QED) is 0.388. The third-order valence-corrected chi connectivity index (χ3v) is 2.06. The van der Waals surface area contributed by atoms with Gasteiger partial charge in [0.15, 0.2) is 5.75 Å². The summed E-state index contributed by atoms with van der Waals surface area (Å²) in [6.07, 6.45) is 0. The third kappa shape index (κ3) is 4.43. The van der Waals surface area contributed by atoms with Crippen LogP contribution >= 0.6 is 0 Å². The van der Waals surface area contributed by atoms with Crippen LogP contribution in [0, 0.1) is 29.1 Å². The molecule has 0 saturated carbocycles. The first-order valence-corrected chi connectivity index (χ1v) is 5.40. The molecule has 0 spiro atoms. The third-order valence-electron chi connectivity index (χ3n) is 2.06. The molecule has 0 amide bonds. The molecule has 2 rings (SSSR count). The van der Waals surface area contributed by atoms with Crippen molar-refractivity contribution >= 4 is 7.32 Å². The summed E-state index contributed by atoms with van der Waals surface area (Å²) in [5.41, 5.74) is 0. The molecule has 0 bridgehead atoms. The zero-order chi connectivity index (χ0) is 16.0. The van der Waals surface area contributed by atoms with Crippen LogP contribution in [0.2, 0.25) is 0 Å². The van der Waals surface area contributed by atoms with Gasteiger partial charge < -0.3 is 14.7 Å². The monoisotopic (exact) mass is 306 g/mol. The minimum absolute atomic E-state index is 1.75. The molecule has 0 aromatic heterocycles. The predicted octanol–water partition coefficient (Wildman–Crippen LogP) is 2.42. The fraction of sp³-hybridized carbons (Fsp3) is 0. The summed E-state index contributed by atoms with van der Waals surface area (Å²) in [4.78, 5) is 0. The minimum atomic E-state index is -2.70. The summed E-state index contributed by atoms with van der Waals surface area (Å²) in [5.74, 6) is -13.1. The summed E-state index contributed by atoms with van der Waals surface area (Å²) in [7, 11) is -2.70. The lowest BCUT2D eigenvalue weighted by Crippen LogP contribution is -2.23. The molecular formula is C12H8BF5O3. The van der Waals surface area contributed by atoms with Crippen molar-refractivity contribution in [3.63, 3.8) is 0 Å². The minimum Gasteiger partial charge on any atom is -0.507 e. The Labute approximate surface area is 116 Å². The Balaban J connectivity index is 0.000000304. The zero-order valence-corrected chi connectivity index (χ0v) is 10.2. The van der Waals surface area contributed by atoms with E-state index in [0.29, 0.717) is 0 Å². The van der Waals surface area contributed by atoms with Crippen molar-refractivity contribution in [3.8, 4) is 5.75 Å². The second-order valence-electron chi connectivity index (χ2n) is 3.50. The molecule has 0 fully saturated rings. The van der Waals surface area contributed by atoms with Gasteiger partial charge >= 0.3 is 7.32 Å². The SMILES string of the molecule is OB(O)Oc1c(F)c(F)c(F)c(F)c1F.c1ccccc1. The molecule has 0 radical (unpaired) electrons. The lowest BCUT2D eigenvalue weighted by atomic mass is 10.2. The van der Waals surface area contributed by atoms with E-state index in [1.807, 2.05) is 36.4 Å². The topological polar surface area (TPSA) is 49.7 Å². The Morgan fingerprint density at radius 2 is 0.905 bits per heavy atom. The number of rotatable bonds is 2. The van der Waals surface area contributed by atoms with E-state index in [-0.39, 0.29) is 0 Å². The van der Waals surface area contributed by atoms with Gasteiger partial charge in [-0.2, -0.15) is 8.78 Å². The molecule has 0 unspecified atom stereocenters. The molecular weight excluding hydrogens is 298 g/mol. The average Bonchev–Trinajstić information content (AvgIpc) is 2.50. The van der Waals surface area contributed by atoms with Crippen LogP contribution in [0.3, 0.4) is 0 Å². The molecule has 9 heteroatoms. The standard InChI is InChI=1S/C6H2BF5O3.C6H6/c8-1-2(9)4(11)6(15-7(13)14)5(12)3(1)10;1-2-4-6-5-3-1/h13-14H;1-6H. The summed E-state index contributed by atoms with van der Waals surface area (Å²) >= 11 is 0. The van der Waals surface area contributed by atoms with Crippen LogP contribution in [0.4, 0.5) is 22.0 Å². The molecule has 0 aliphatic heterocycles.